The Kier molecular flexibility index (Phi) is 6.98. The minimum atomic E-state index is -0.373. The maximum absolute atomic E-state index is 12.6. The number of benzene rings is 1. The van der Waals surface area contributed by atoms with Crippen molar-refractivity contribution in [3.63, 3.8) is 0 Å². The van der Waals surface area contributed by atoms with Gasteiger partial charge < -0.3 is 11.1 Å². The van der Waals surface area contributed by atoms with Gasteiger partial charge >= 0.3 is 0 Å². The third kappa shape index (κ3) is 4.35. The summed E-state index contributed by atoms with van der Waals surface area (Å²) in [6, 6.07) is 7.82. The zero-order valence-electron chi connectivity index (χ0n) is 12.4. The third-order valence-corrected chi connectivity index (χ3v) is 4.43. The van der Waals surface area contributed by atoms with Crippen LogP contribution in [0.5, 0.6) is 0 Å². The molecule has 0 radical (unpaired) electrons. The lowest BCUT2D eigenvalue weighted by Crippen LogP contribution is -2.43. The maximum atomic E-state index is 12.6. The Balaban J connectivity index is 0.00000220. The molecule has 1 fully saturated rings. The summed E-state index contributed by atoms with van der Waals surface area (Å²) in [6.07, 6.45) is 4.84. The summed E-state index contributed by atoms with van der Waals surface area (Å²) in [5.74, 6) is 0.137. The third-order valence-electron chi connectivity index (χ3n) is 4.17. The van der Waals surface area contributed by atoms with Crippen LogP contribution in [0.4, 0.5) is 0 Å². The molecule has 5 heteroatoms. The first kappa shape index (κ1) is 18.3. The molecule has 2 rings (SSSR count). The highest BCUT2D eigenvalue weighted by Gasteiger charge is 2.42. The Hall–Kier alpha value is -0.770. The predicted molar refractivity (Wildman–Crippen MR) is 90.1 cm³/mol. The van der Waals surface area contributed by atoms with Gasteiger partial charge in [0, 0.05) is 17.6 Å². The largest absolute Gasteiger partial charge is 0.355 e. The molecular weight excluding hydrogens is 307 g/mol. The molecule has 1 saturated carbocycles. The smallest absolute Gasteiger partial charge is 0.230 e. The second kappa shape index (κ2) is 8.02. The van der Waals surface area contributed by atoms with Crippen molar-refractivity contribution in [1.29, 1.82) is 0 Å². The molecule has 1 aliphatic carbocycles. The number of halogens is 2. The number of carbonyl (C=O) groups is 1. The zero-order chi connectivity index (χ0) is 14.6. The quantitative estimate of drug-likeness (QED) is 0.868. The van der Waals surface area contributed by atoms with E-state index in [1.54, 1.807) is 0 Å². The van der Waals surface area contributed by atoms with Gasteiger partial charge in [0.15, 0.2) is 0 Å². The predicted octanol–water partition coefficient (Wildman–Crippen LogP) is 3.43. The lowest BCUT2D eigenvalue weighted by atomic mass is 9.78. The van der Waals surface area contributed by atoms with Crippen molar-refractivity contribution >= 4 is 29.9 Å². The van der Waals surface area contributed by atoms with Crippen molar-refractivity contribution in [3.05, 3.63) is 34.9 Å². The van der Waals surface area contributed by atoms with E-state index < -0.39 is 0 Å². The lowest BCUT2D eigenvalue weighted by molar-refractivity contribution is -0.126. The van der Waals surface area contributed by atoms with Crippen LogP contribution in [-0.4, -0.2) is 18.5 Å². The number of hydrogen-bond acceptors (Lipinski definition) is 2. The highest BCUT2D eigenvalue weighted by molar-refractivity contribution is 6.30. The van der Waals surface area contributed by atoms with Crippen LogP contribution in [-0.2, 0) is 10.2 Å². The van der Waals surface area contributed by atoms with E-state index in [-0.39, 0.29) is 29.8 Å². The van der Waals surface area contributed by atoms with Gasteiger partial charge in [-0.15, -0.1) is 12.4 Å². The van der Waals surface area contributed by atoms with Crippen LogP contribution >= 0.6 is 24.0 Å². The summed E-state index contributed by atoms with van der Waals surface area (Å²) in [5, 5.41) is 3.77. The van der Waals surface area contributed by atoms with E-state index in [1.165, 1.54) is 0 Å². The topological polar surface area (TPSA) is 55.1 Å². The average Bonchev–Trinajstić information content (AvgIpc) is 2.89. The van der Waals surface area contributed by atoms with Crippen LogP contribution in [0, 0.1) is 0 Å². The van der Waals surface area contributed by atoms with E-state index >= 15 is 0 Å². The van der Waals surface area contributed by atoms with Gasteiger partial charge in [0.1, 0.15) is 0 Å². The molecule has 0 spiro atoms. The molecule has 0 bridgehead atoms. The molecule has 3 nitrogen and oxygen atoms in total. The first-order chi connectivity index (χ1) is 9.54. The van der Waals surface area contributed by atoms with E-state index in [0.29, 0.717) is 11.6 Å². The first-order valence-electron chi connectivity index (χ1n) is 7.34. The van der Waals surface area contributed by atoms with E-state index in [0.717, 1.165) is 37.7 Å². The Morgan fingerprint density at radius 3 is 2.43 bits per heavy atom. The molecule has 0 aliphatic heterocycles. The summed E-state index contributed by atoms with van der Waals surface area (Å²) < 4.78 is 0. The van der Waals surface area contributed by atoms with Gasteiger partial charge in [-0.1, -0.05) is 36.6 Å². The Bertz CT molecular complexity index is 454. The number of rotatable bonds is 5. The van der Waals surface area contributed by atoms with Crippen molar-refractivity contribution in [2.24, 2.45) is 5.73 Å². The molecular formula is C16H24Cl2N2O. The molecule has 118 valence electrons. The van der Waals surface area contributed by atoms with E-state index in [4.69, 9.17) is 17.3 Å². The van der Waals surface area contributed by atoms with Crippen LogP contribution in [0.2, 0.25) is 5.02 Å². The van der Waals surface area contributed by atoms with Crippen LogP contribution < -0.4 is 11.1 Å². The Morgan fingerprint density at radius 1 is 1.33 bits per heavy atom. The van der Waals surface area contributed by atoms with Gasteiger partial charge in [0.25, 0.3) is 0 Å². The summed E-state index contributed by atoms with van der Waals surface area (Å²) in [4.78, 5) is 12.6. The van der Waals surface area contributed by atoms with Crippen LogP contribution in [0.25, 0.3) is 0 Å². The molecule has 1 atom stereocenters. The monoisotopic (exact) mass is 330 g/mol. The number of hydrogen-bond donors (Lipinski definition) is 2. The van der Waals surface area contributed by atoms with Crippen LogP contribution in [0.3, 0.4) is 0 Å². The van der Waals surface area contributed by atoms with Crippen molar-refractivity contribution in [1.82, 2.24) is 5.32 Å². The molecule has 3 N–H and O–H groups in total. The van der Waals surface area contributed by atoms with E-state index in [2.05, 4.69) is 5.32 Å². The van der Waals surface area contributed by atoms with Gasteiger partial charge in [-0.25, -0.2) is 0 Å². The Morgan fingerprint density at radius 2 is 1.90 bits per heavy atom. The lowest BCUT2D eigenvalue weighted by Gasteiger charge is -2.28. The Labute approximate surface area is 138 Å². The minimum absolute atomic E-state index is 0. The number of nitrogens with two attached hydrogens (primary N) is 1. The second-order valence-corrected chi connectivity index (χ2v) is 6.25. The van der Waals surface area contributed by atoms with Crippen molar-refractivity contribution in [3.8, 4) is 0 Å². The fourth-order valence-electron chi connectivity index (χ4n) is 2.98. The summed E-state index contributed by atoms with van der Waals surface area (Å²) in [7, 11) is 0. The molecule has 1 aromatic rings. The summed E-state index contributed by atoms with van der Waals surface area (Å²) in [5.41, 5.74) is 6.44. The fraction of sp³-hybridized carbons (Fsp3) is 0.562. The SMILES string of the molecule is CC(N)CCNC(=O)C1(c2ccc(Cl)cc2)CCCC1.Cl. The highest BCUT2D eigenvalue weighted by atomic mass is 35.5. The van der Waals surface area contributed by atoms with Crippen LogP contribution in [0.1, 0.15) is 44.6 Å². The average molecular weight is 331 g/mol. The molecule has 1 aromatic carbocycles. The van der Waals surface area contributed by atoms with Gasteiger partial charge in [0.05, 0.1) is 5.41 Å². The molecule has 1 aliphatic rings. The number of carbonyl (C=O) groups excluding carboxylic acids is 1. The molecule has 0 saturated heterocycles. The van der Waals surface area contributed by atoms with Gasteiger partial charge in [-0.2, -0.15) is 0 Å². The molecule has 1 amide bonds. The van der Waals surface area contributed by atoms with Crippen molar-refractivity contribution in [2.75, 3.05) is 6.54 Å². The summed E-state index contributed by atoms with van der Waals surface area (Å²) in [6.45, 7) is 2.60. The fourth-order valence-corrected chi connectivity index (χ4v) is 3.10. The molecule has 0 heterocycles. The van der Waals surface area contributed by atoms with Crippen LogP contribution in [0.15, 0.2) is 24.3 Å². The highest BCUT2D eigenvalue weighted by Crippen LogP contribution is 2.41. The summed E-state index contributed by atoms with van der Waals surface area (Å²) >= 11 is 5.95. The zero-order valence-corrected chi connectivity index (χ0v) is 14.0. The minimum Gasteiger partial charge on any atom is -0.355 e. The second-order valence-electron chi connectivity index (χ2n) is 5.82. The number of nitrogens with one attached hydrogen (secondary N) is 1. The van der Waals surface area contributed by atoms with Crippen molar-refractivity contribution in [2.45, 2.75) is 50.5 Å². The standard InChI is InChI=1S/C16H23ClN2O.ClH/c1-12(18)8-11-19-15(20)16(9-2-3-10-16)13-4-6-14(17)7-5-13;/h4-7,12H,2-3,8-11,18H2,1H3,(H,19,20);1H. The number of amides is 1. The maximum Gasteiger partial charge on any atom is 0.230 e. The van der Waals surface area contributed by atoms with E-state index in [9.17, 15) is 4.79 Å². The molecule has 0 aromatic heterocycles. The van der Waals surface area contributed by atoms with E-state index in [1.807, 2.05) is 31.2 Å². The normalized spacial score (nSPS) is 17.9. The molecule has 1 unspecified atom stereocenters. The van der Waals surface area contributed by atoms with Gasteiger partial charge in [-0.3, -0.25) is 4.79 Å². The van der Waals surface area contributed by atoms with Gasteiger partial charge in [-0.05, 0) is 43.9 Å². The van der Waals surface area contributed by atoms with Crippen molar-refractivity contribution < 1.29 is 4.79 Å². The molecule has 21 heavy (non-hydrogen) atoms. The van der Waals surface area contributed by atoms with Gasteiger partial charge in [0.2, 0.25) is 5.91 Å². The first-order valence-corrected chi connectivity index (χ1v) is 7.72.